The van der Waals surface area contributed by atoms with Gasteiger partial charge in [-0.25, -0.2) is 13.1 Å². The molecule has 3 N–H and O–H groups in total. The van der Waals surface area contributed by atoms with E-state index >= 15 is 0 Å². The summed E-state index contributed by atoms with van der Waals surface area (Å²) < 4.78 is 26.6. The van der Waals surface area contributed by atoms with Crippen molar-refractivity contribution in [3.05, 3.63) is 0 Å². The fraction of sp³-hybridized carbons (Fsp3) is 1.00. The van der Waals surface area contributed by atoms with Gasteiger partial charge in [0.2, 0.25) is 10.0 Å². The number of nitrogens with two attached hydrogens (primary N) is 1. The van der Waals surface area contributed by atoms with Gasteiger partial charge in [0.25, 0.3) is 0 Å². The predicted octanol–water partition coefficient (Wildman–Crippen LogP) is 1.47. The normalized spacial score (nSPS) is 29.7. The molecule has 5 heteroatoms. The zero-order valence-corrected chi connectivity index (χ0v) is 11.8. The van der Waals surface area contributed by atoms with Gasteiger partial charge in [0.15, 0.2) is 0 Å². The Morgan fingerprint density at radius 2 is 2.00 bits per heavy atom. The molecule has 17 heavy (non-hydrogen) atoms. The van der Waals surface area contributed by atoms with E-state index in [0.29, 0.717) is 24.8 Å². The predicted molar refractivity (Wildman–Crippen MR) is 71.2 cm³/mol. The third-order valence-electron chi connectivity index (χ3n) is 3.95. The fourth-order valence-corrected chi connectivity index (χ4v) is 4.21. The molecule has 0 aliphatic heterocycles. The molecule has 1 fully saturated rings. The van der Waals surface area contributed by atoms with E-state index in [4.69, 9.17) is 5.73 Å². The average Bonchev–Trinajstić information content (AvgIpc) is 2.60. The van der Waals surface area contributed by atoms with Gasteiger partial charge in [0.1, 0.15) is 0 Å². The Kier molecular flexibility index (Phi) is 5.89. The molecule has 1 aliphatic rings. The van der Waals surface area contributed by atoms with Gasteiger partial charge in [-0.3, -0.25) is 0 Å². The molecule has 0 radical (unpaired) electrons. The Morgan fingerprint density at radius 3 is 2.53 bits per heavy atom. The van der Waals surface area contributed by atoms with Crippen molar-refractivity contribution in [3.8, 4) is 0 Å². The summed E-state index contributed by atoms with van der Waals surface area (Å²) in [5.41, 5.74) is 5.36. The lowest BCUT2D eigenvalue weighted by Crippen LogP contribution is -2.38. The van der Waals surface area contributed by atoms with Crippen molar-refractivity contribution in [1.82, 2.24) is 4.72 Å². The molecule has 0 saturated heterocycles. The third kappa shape index (κ3) is 4.56. The highest BCUT2D eigenvalue weighted by molar-refractivity contribution is 7.89. The van der Waals surface area contributed by atoms with Crippen LogP contribution in [0.4, 0.5) is 0 Å². The first kappa shape index (κ1) is 14.9. The maximum absolute atomic E-state index is 11.8. The molecule has 0 aromatic rings. The molecule has 1 rings (SSSR count). The van der Waals surface area contributed by atoms with Crippen LogP contribution in [0.3, 0.4) is 0 Å². The summed E-state index contributed by atoms with van der Waals surface area (Å²) in [4.78, 5) is 0. The monoisotopic (exact) mass is 262 g/mol. The molecule has 1 saturated carbocycles. The molecule has 0 bridgehead atoms. The van der Waals surface area contributed by atoms with Crippen molar-refractivity contribution >= 4 is 10.0 Å². The smallest absolute Gasteiger partial charge is 0.211 e. The minimum absolute atomic E-state index is 0.142. The lowest BCUT2D eigenvalue weighted by Gasteiger charge is -2.20. The fourth-order valence-electron chi connectivity index (χ4n) is 2.72. The van der Waals surface area contributed by atoms with Crippen molar-refractivity contribution < 1.29 is 8.42 Å². The first-order valence-electron chi connectivity index (χ1n) is 6.70. The summed E-state index contributed by atoms with van der Waals surface area (Å²) >= 11 is 0. The van der Waals surface area contributed by atoms with E-state index in [1.54, 1.807) is 0 Å². The second-order valence-electron chi connectivity index (χ2n) is 5.14. The Bertz CT molecular complexity index is 316. The van der Waals surface area contributed by atoms with E-state index < -0.39 is 10.0 Å². The Hall–Kier alpha value is -0.130. The molecule has 0 aromatic heterocycles. The topological polar surface area (TPSA) is 72.2 Å². The van der Waals surface area contributed by atoms with Gasteiger partial charge in [0, 0.05) is 6.04 Å². The van der Waals surface area contributed by atoms with Gasteiger partial charge in [-0.15, -0.1) is 0 Å². The van der Waals surface area contributed by atoms with Crippen LogP contribution in [-0.2, 0) is 10.0 Å². The second-order valence-corrected chi connectivity index (χ2v) is 7.02. The number of rotatable bonds is 7. The molecule has 0 amide bonds. The molecule has 102 valence electrons. The molecule has 3 unspecified atom stereocenters. The van der Waals surface area contributed by atoms with Crippen molar-refractivity contribution in [3.63, 3.8) is 0 Å². The summed E-state index contributed by atoms with van der Waals surface area (Å²) in [5.74, 6) is 1.35. The van der Waals surface area contributed by atoms with E-state index in [1.165, 1.54) is 0 Å². The molecule has 1 aliphatic carbocycles. The number of unbranched alkanes of at least 4 members (excludes halogenated alkanes) is 1. The SMILES string of the molecule is CCC1CCC(NS(=O)(=O)CCCCN)C1C. The number of hydrogen-bond donors (Lipinski definition) is 2. The molecule has 0 spiro atoms. The van der Waals surface area contributed by atoms with Gasteiger partial charge in [0.05, 0.1) is 5.75 Å². The number of hydrogen-bond acceptors (Lipinski definition) is 3. The minimum Gasteiger partial charge on any atom is -0.330 e. The van der Waals surface area contributed by atoms with Gasteiger partial charge in [-0.05, 0) is 44.1 Å². The summed E-state index contributed by atoms with van der Waals surface area (Å²) in [6, 6.07) is 0.142. The summed E-state index contributed by atoms with van der Waals surface area (Å²) in [6.45, 7) is 4.90. The van der Waals surface area contributed by atoms with E-state index in [-0.39, 0.29) is 11.8 Å². The molecule has 0 heterocycles. The molecular weight excluding hydrogens is 236 g/mol. The van der Waals surface area contributed by atoms with Crippen LogP contribution < -0.4 is 10.5 Å². The second kappa shape index (κ2) is 6.71. The number of nitrogens with one attached hydrogen (secondary N) is 1. The Labute approximate surface area is 105 Å². The van der Waals surface area contributed by atoms with Gasteiger partial charge in [-0.1, -0.05) is 20.3 Å². The Balaban J connectivity index is 2.43. The van der Waals surface area contributed by atoms with E-state index in [2.05, 4.69) is 18.6 Å². The van der Waals surface area contributed by atoms with Gasteiger partial charge in [-0.2, -0.15) is 0 Å². The van der Waals surface area contributed by atoms with E-state index in [9.17, 15) is 8.42 Å². The highest BCUT2D eigenvalue weighted by Gasteiger charge is 2.33. The first-order valence-corrected chi connectivity index (χ1v) is 8.35. The highest BCUT2D eigenvalue weighted by atomic mass is 32.2. The van der Waals surface area contributed by atoms with Crippen LogP contribution in [0.5, 0.6) is 0 Å². The van der Waals surface area contributed by atoms with Gasteiger partial charge >= 0.3 is 0 Å². The molecule has 0 aromatic carbocycles. The third-order valence-corrected chi connectivity index (χ3v) is 5.44. The molecular formula is C12H26N2O2S. The minimum atomic E-state index is -3.11. The maximum atomic E-state index is 11.8. The lowest BCUT2D eigenvalue weighted by atomic mass is 9.94. The van der Waals surface area contributed by atoms with Crippen LogP contribution in [0.15, 0.2) is 0 Å². The van der Waals surface area contributed by atoms with Crippen LogP contribution in [0.2, 0.25) is 0 Å². The summed E-state index contributed by atoms with van der Waals surface area (Å²) in [6.07, 6.45) is 4.71. The van der Waals surface area contributed by atoms with Crippen molar-refractivity contribution in [2.75, 3.05) is 12.3 Å². The number of sulfonamides is 1. The van der Waals surface area contributed by atoms with Crippen LogP contribution in [0.1, 0.15) is 46.0 Å². The van der Waals surface area contributed by atoms with Crippen molar-refractivity contribution in [2.24, 2.45) is 17.6 Å². The van der Waals surface area contributed by atoms with Crippen molar-refractivity contribution in [2.45, 2.75) is 52.0 Å². The van der Waals surface area contributed by atoms with Crippen LogP contribution in [0, 0.1) is 11.8 Å². The van der Waals surface area contributed by atoms with E-state index in [1.807, 2.05) is 0 Å². The van der Waals surface area contributed by atoms with E-state index in [0.717, 1.165) is 25.7 Å². The van der Waals surface area contributed by atoms with Crippen LogP contribution >= 0.6 is 0 Å². The zero-order valence-electron chi connectivity index (χ0n) is 11.0. The van der Waals surface area contributed by atoms with Crippen molar-refractivity contribution in [1.29, 1.82) is 0 Å². The largest absolute Gasteiger partial charge is 0.330 e. The summed E-state index contributed by atoms with van der Waals surface area (Å²) in [5, 5.41) is 0. The van der Waals surface area contributed by atoms with Gasteiger partial charge < -0.3 is 5.73 Å². The van der Waals surface area contributed by atoms with Crippen LogP contribution in [-0.4, -0.2) is 26.8 Å². The quantitative estimate of drug-likeness (QED) is 0.682. The molecule has 4 nitrogen and oxygen atoms in total. The highest BCUT2D eigenvalue weighted by Crippen LogP contribution is 2.34. The summed E-state index contributed by atoms with van der Waals surface area (Å²) in [7, 11) is -3.11. The lowest BCUT2D eigenvalue weighted by molar-refractivity contribution is 0.368. The average molecular weight is 262 g/mol. The zero-order chi connectivity index (χ0) is 12.9. The molecule has 3 atom stereocenters. The van der Waals surface area contributed by atoms with Crippen LogP contribution in [0.25, 0.3) is 0 Å². The Morgan fingerprint density at radius 1 is 1.29 bits per heavy atom. The standard InChI is InChI=1S/C12H26N2O2S/c1-3-11-6-7-12(10(11)2)14-17(15,16)9-5-4-8-13/h10-12,14H,3-9,13H2,1-2H3. The first-order chi connectivity index (χ1) is 8.00. The maximum Gasteiger partial charge on any atom is 0.211 e.